The first-order valence-corrected chi connectivity index (χ1v) is 5.88. The van der Waals surface area contributed by atoms with Gasteiger partial charge in [-0.15, -0.1) is 0 Å². The Bertz CT molecular complexity index is 335. The van der Waals surface area contributed by atoms with Crippen molar-refractivity contribution >= 4 is 11.9 Å². The summed E-state index contributed by atoms with van der Waals surface area (Å²) in [6.07, 6.45) is -0.929. The predicted octanol–water partition coefficient (Wildman–Crippen LogP) is 0.513. The molecule has 1 amide bonds. The van der Waals surface area contributed by atoms with Crippen LogP contribution in [0, 0.1) is 23.2 Å². The Labute approximate surface area is 107 Å². The first-order chi connectivity index (χ1) is 8.27. The summed E-state index contributed by atoms with van der Waals surface area (Å²) >= 11 is 0. The maximum atomic E-state index is 11.6. The summed E-state index contributed by atoms with van der Waals surface area (Å²) in [5.74, 6) is -2.26. The summed E-state index contributed by atoms with van der Waals surface area (Å²) in [5.41, 5.74) is 0. The van der Waals surface area contributed by atoms with Crippen molar-refractivity contribution < 1.29 is 19.8 Å². The van der Waals surface area contributed by atoms with Gasteiger partial charge in [-0.25, -0.2) is 4.79 Å². The fourth-order valence-electron chi connectivity index (χ4n) is 1.45. The second-order valence-corrected chi connectivity index (χ2v) is 4.81. The summed E-state index contributed by atoms with van der Waals surface area (Å²) in [6, 6.07) is 0.763. The maximum absolute atomic E-state index is 11.6. The SMILES string of the molecule is CC(C)C[C@H](O)C(=O)N[C@@H](C[C@H](C)C#N)C(=O)O. The molecule has 3 N–H and O–H groups in total. The molecule has 0 aliphatic carbocycles. The van der Waals surface area contributed by atoms with E-state index in [1.165, 1.54) is 0 Å². The van der Waals surface area contributed by atoms with Crippen molar-refractivity contribution in [2.75, 3.05) is 0 Å². The van der Waals surface area contributed by atoms with Crippen molar-refractivity contribution in [3.05, 3.63) is 0 Å². The van der Waals surface area contributed by atoms with E-state index < -0.39 is 29.9 Å². The van der Waals surface area contributed by atoms with Gasteiger partial charge in [0.1, 0.15) is 12.1 Å². The van der Waals surface area contributed by atoms with Crippen LogP contribution >= 0.6 is 0 Å². The number of carbonyl (C=O) groups is 2. The van der Waals surface area contributed by atoms with Gasteiger partial charge in [-0.05, 0) is 25.7 Å². The van der Waals surface area contributed by atoms with Gasteiger partial charge in [0.2, 0.25) is 5.91 Å². The summed E-state index contributed by atoms with van der Waals surface area (Å²) in [5, 5.41) is 29.3. The number of nitrogens with zero attached hydrogens (tertiary/aromatic N) is 1. The average Bonchev–Trinajstić information content (AvgIpc) is 2.26. The minimum atomic E-state index is -1.22. The molecule has 0 fully saturated rings. The molecule has 6 nitrogen and oxygen atoms in total. The molecule has 0 aromatic carbocycles. The zero-order valence-corrected chi connectivity index (χ0v) is 10.9. The average molecular weight is 256 g/mol. The molecule has 3 atom stereocenters. The highest BCUT2D eigenvalue weighted by molar-refractivity contribution is 5.86. The largest absolute Gasteiger partial charge is 0.480 e. The summed E-state index contributed by atoms with van der Waals surface area (Å²) in [4.78, 5) is 22.5. The number of amides is 1. The Hall–Kier alpha value is -1.61. The second kappa shape index (κ2) is 7.67. The van der Waals surface area contributed by atoms with Crippen molar-refractivity contribution in [1.29, 1.82) is 5.26 Å². The fraction of sp³-hybridized carbons (Fsp3) is 0.750. The normalized spacial score (nSPS) is 15.6. The lowest BCUT2D eigenvalue weighted by atomic mass is 10.0. The number of carboxylic acid groups (broad SMARTS) is 1. The third kappa shape index (κ3) is 6.21. The number of nitrogens with one attached hydrogen (secondary N) is 1. The standard InChI is InChI=1S/C12H20N2O4/c1-7(2)4-10(15)11(16)14-9(12(17)18)5-8(3)6-13/h7-10,15H,4-5H2,1-3H3,(H,14,16)(H,17,18)/t8-,9-,10-/m0/s1. The smallest absolute Gasteiger partial charge is 0.326 e. The van der Waals surface area contributed by atoms with Crippen LogP contribution in [-0.2, 0) is 9.59 Å². The molecule has 0 aliphatic heterocycles. The highest BCUT2D eigenvalue weighted by Crippen LogP contribution is 2.08. The number of rotatable bonds is 7. The van der Waals surface area contributed by atoms with E-state index in [1.54, 1.807) is 6.92 Å². The van der Waals surface area contributed by atoms with Gasteiger partial charge < -0.3 is 15.5 Å². The highest BCUT2D eigenvalue weighted by Gasteiger charge is 2.25. The number of nitriles is 1. The van der Waals surface area contributed by atoms with E-state index in [9.17, 15) is 14.7 Å². The van der Waals surface area contributed by atoms with Crippen LogP contribution in [0.2, 0.25) is 0 Å². The number of carboxylic acids is 1. The van der Waals surface area contributed by atoms with Crippen LogP contribution in [0.25, 0.3) is 0 Å². The molecule has 0 aromatic rings. The number of aliphatic hydroxyl groups is 1. The molecule has 0 aliphatic rings. The Morgan fingerprint density at radius 3 is 2.22 bits per heavy atom. The molecule has 0 heterocycles. The van der Waals surface area contributed by atoms with Crippen LogP contribution in [-0.4, -0.2) is 34.2 Å². The van der Waals surface area contributed by atoms with Crippen LogP contribution < -0.4 is 5.32 Å². The summed E-state index contributed by atoms with van der Waals surface area (Å²) in [6.45, 7) is 5.28. The second-order valence-electron chi connectivity index (χ2n) is 4.81. The molecule has 18 heavy (non-hydrogen) atoms. The van der Waals surface area contributed by atoms with E-state index in [2.05, 4.69) is 5.32 Å². The predicted molar refractivity (Wildman–Crippen MR) is 64.4 cm³/mol. The third-order valence-electron chi connectivity index (χ3n) is 2.42. The first kappa shape index (κ1) is 16.4. The Kier molecular flexibility index (Phi) is 6.98. The Morgan fingerprint density at radius 2 is 1.83 bits per heavy atom. The number of carbonyl (C=O) groups excluding carboxylic acids is 1. The zero-order chi connectivity index (χ0) is 14.3. The number of hydrogen-bond donors (Lipinski definition) is 3. The summed E-state index contributed by atoms with van der Waals surface area (Å²) in [7, 11) is 0. The van der Waals surface area contributed by atoms with E-state index in [-0.39, 0.29) is 18.8 Å². The molecule has 0 spiro atoms. The zero-order valence-electron chi connectivity index (χ0n) is 10.9. The minimum absolute atomic E-state index is 0.0198. The molecule has 0 saturated heterocycles. The van der Waals surface area contributed by atoms with Crippen molar-refractivity contribution in [2.24, 2.45) is 11.8 Å². The topological polar surface area (TPSA) is 110 Å². The molecule has 0 unspecified atom stereocenters. The summed E-state index contributed by atoms with van der Waals surface area (Å²) < 4.78 is 0. The van der Waals surface area contributed by atoms with E-state index >= 15 is 0 Å². The maximum Gasteiger partial charge on any atom is 0.326 e. The number of aliphatic hydroxyl groups excluding tert-OH is 1. The lowest BCUT2D eigenvalue weighted by molar-refractivity contribution is -0.144. The molecule has 0 rings (SSSR count). The van der Waals surface area contributed by atoms with E-state index in [4.69, 9.17) is 10.4 Å². The molecular formula is C12H20N2O4. The van der Waals surface area contributed by atoms with E-state index in [0.717, 1.165) is 0 Å². The molecule has 0 aromatic heterocycles. The molecule has 0 bridgehead atoms. The molecule has 102 valence electrons. The Balaban J connectivity index is 4.46. The van der Waals surface area contributed by atoms with Crippen LogP contribution in [0.5, 0.6) is 0 Å². The van der Waals surface area contributed by atoms with Crippen LogP contribution in [0.1, 0.15) is 33.6 Å². The van der Waals surface area contributed by atoms with Gasteiger partial charge >= 0.3 is 5.97 Å². The quantitative estimate of drug-likeness (QED) is 0.614. The van der Waals surface area contributed by atoms with Crippen molar-refractivity contribution in [2.45, 2.75) is 45.8 Å². The van der Waals surface area contributed by atoms with Crippen molar-refractivity contribution in [3.63, 3.8) is 0 Å². The van der Waals surface area contributed by atoms with Gasteiger partial charge in [0.25, 0.3) is 0 Å². The molecular weight excluding hydrogens is 236 g/mol. The highest BCUT2D eigenvalue weighted by atomic mass is 16.4. The lowest BCUT2D eigenvalue weighted by Crippen LogP contribution is -2.46. The van der Waals surface area contributed by atoms with Gasteiger partial charge in [-0.3, -0.25) is 4.79 Å². The molecule has 0 radical (unpaired) electrons. The van der Waals surface area contributed by atoms with Gasteiger partial charge in [0.05, 0.1) is 6.07 Å². The fourth-order valence-corrected chi connectivity index (χ4v) is 1.45. The van der Waals surface area contributed by atoms with E-state index in [0.29, 0.717) is 0 Å². The van der Waals surface area contributed by atoms with Crippen molar-refractivity contribution in [1.82, 2.24) is 5.32 Å². The molecule has 6 heteroatoms. The van der Waals surface area contributed by atoms with Gasteiger partial charge in [0.15, 0.2) is 0 Å². The minimum Gasteiger partial charge on any atom is -0.480 e. The monoisotopic (exact) mass is 256 g/mol. The van der Waals surface area contributed by atoms with Crippen LogP contribution in [0.3, 0.4) is 0 Å². The van der Waals surface area contributed by atoms with Gasteiger partial charge in [0, 0.05) is 5.92 Å². The number of aliphatic carboxylic acids is 1. The van der Waals surface area contributed by atoms with Crippen molar-refractivity contribution in [3.8, 4) is 6.07 Å². The lowest BCUT2D eigenvalue weighted by Gasteiger charge is -2.18. The third-order valence-corrected chi connectivity index (χ3v) is 2.42. The van der Waals surface area contributed by atoms with Crippen LogP contribution in [0.4, 0.5) is 0 Å². The number of hydrogen-bond acceptors (Lipinski definition) is 4. The van der Waals surface area contributed by atoms with Gasteiger partial charge in [-0.2, -0.15) is 5.26 Å². The Morgan fingerprint density at radius 1 is 1.28 bits per heavy atom. The first-order valence-electron chi connectivity index (χ1n) is 5.88. The van der Waals surface area contributed by atoms with E-state index in [1.807, 2.05) is 19.9 Å². The van der Waals surface area contributed by atoms with Gasteiger partial charge in [-0.1, -0.05) is 13.8 Å². The van der Waals surface area contributed by atoms with Crippen LogP contribution in [0.15, 0.2) is 0 Å². The molecule has 0 saturated carbocycles.